The predicted molar refractivity (Wildman–Crippen MR) is 166 cm³/mol. The number of halogens is 3. The Morgan fingerprint density at radius 2 is 1.70 bits per heavy atom. The first kappa shape index (κ1) is 37.5. The maximum atomic E-state index is 12.5. The zero-order chi connectivity index (χ0) is 32.4. The number of rotatable bonds is 12. The normalized spacial score (nSPS) is 13.0. The minimum atomic E-state index is -4.40. The second kappa shape index (κ2) is 19.6. The first-order chi connectivity index (χ1) is 20.4. The lowest BCUT2D eigenvalue weighted by atomic mass is 10.0. The van der Waals surface area contributed by atoms with E-state index in [1.54, 1.807) is 13.1 Å². The molecule has 0 aliphatic carbocycles. The van der Waals surface area contributed by atoms with Gasteiger partial charge in [-0.1, -0.05) is 18.2 Å². The summed E-state index contributed by atoms with van der Waals surface area (Å²) in [6.45, 7) is 4.97. The molecule has 43 heavy (non-hydrogen) atoms. The number of carbonyl (C=O) groups is 3. The van der Waals surface area contributed by atoms with Crippen LogP contribution in [0.15, 0.2) is 60.8 Å². The summed E-state index contributed by atoms with van der Waals surface area (Å²) in [6, 6.07) is 12.5. The van der Waals surface area contributed by atoms with E-state index in [2.05, 4.69) is 33.1 Å². The van der Waals surface area contributed by atoms with Crippen molar-refractivity contribution in [3.63, 3.8) is 0 Å². The first-order valence-corrected chi connectivity index (χ1v) is 13.9. The van der Waals surface area contributed by atoms with Crippen molar-refractivity contribution < 1.29 is 27.6 Å². The third kappa shape index (κ3) is 14.0. The number of carbonyl (C=O) groups excluding carboxylic acids is 3. The number of pyridine rings is 1. The fraction of sp³-hybridized carbons (Fsp3) is 0.379. The second-order valence-electron chi connectivity index (χ2n) is 9.42. The van der Waals surface area contributed by atoms with Crippen LogP contribution >= 0.6 is 12.6 Å². The van der Waals surface area contributed by atoms with Crippen LogP contribution in [-0.2, 0) is 20.6 Å². The van der Waals surface area contributed by atoms with Crippen LogP contribution in [0, 0.1) is 0 Å². The molecule has 236 valence electrons. The number of nitrogens with one attached hydrogen (secondary N) is 2. The number of fused-ring (bicyclic) bond motifs is 1. The number of hydrogen-bond donors (Lipinski definition) is 6. The minimum Gasteiger partial charge on any atom is -0.351 e. The predicted octanol–water partition coefficient (Wildman–Crippen LogP) is 2.74. The lowest BCUT2D eigenvalue weighted by molar-refractivity contribution is -0.137. The molecule has 0 spiro atoms. The van der Waals surface area contributed by atoms with Gasteiger partial charge in [-0.05, 0) is 55.9 Å². The number of nitrogens with zero attached hydrogens (tertiary/aromatic N) is 2. The number of aldehydes is 1. The summed E-state index contributed by atoms with van der Waals surface area (Å²) in [5.74, 6) is -0.509. The van der Waals surface area contributed by atoms with Crippen LogP contribution in [0.2, 0.25) is 0 Å². The Morgan fingerprint density at radius 3 is 2.23 bits per heavy atom. The van der Waals surface area contributed by atoms with Crippen molar-refractivity contribution in [3.8, 4) is 0 Å². The maximum Gasteiger partial charge on any atom is 0.416 e. The fourth-order valence-corrected chi connectivity index (χ4v) is 3.81. The van der Waals surface area contributed by atoms with Gasteiger partial charge in [-0.2, -0.15) is 25.8 Å². The van der Waals surface area contributed by atoms with Crippen LogP contribution in [0.3, 0.4) is 0 Å². The third-order valence-electron chi connectivity index (χ3n) is 5.96. The molecular weight excluding hydrogens is 583 g/mol. The van der Waals surface area contributed by atoms with E-state index in [1.165, 1.54) is 12.1 Å². The van der Waals surface area contributed by atoms with E-state index in [4.69, 9.17) is 17.2 Å². The molecule has 0 saturated heterocycles. The van der Waals surface area contributed by atoms with Crippen molar-refractivity contribution >= 4 is 47.8 Å². The van der Waals surface area contributed by atoms with Crippen molar-refractivity contribution in [2.75, 3.05) is 38.5 Å². The molecule has 0 saturated carbocycles. The van der Waals surface area contributed by atoms with Crippen molar-refractivity contribution in [2.45, 2.75) is 36.9 Å². The van der Waals surface area contributed by atoms with Crippen LogP contribution in [0.1, 0.15) is 29.7 Å². The van der Waals surface area contributed by atoms with Crippen LogP contribution in [-0.4, -0.2) is 73.8 Å². The molecule has 0 fully saturated rings. The molecule has 3 rings (SSSR count). The molecule has 0 aliphatic rings. The van der Waals surface area contributed by atoms with Gasteiger partial charge in [0.1, 0.15) is 6.29 Å². The van der Waals surface area contributed by atoms with Crippen LogP contribution in [0.25, 0.3) is 10.9 Å². The molecule has 3 unspecified atom stereocenters. The van der Waals surface area contributed by atoms with Crippen molar-refractivity contribution in [1.29, 1.82) is 0 Å². The van der Waals surface area contributed by atoms with Gasteiger partial charge in [-0.25, -0.2) is 0 Å². The standard InChI is InChI=1S/C14H17F3N2O2S.C10H8N2O.C5H15N3/c1-8(19-13(21)11(18)6-7-20)12(22)9-2-4-10(5-3-9)14(15,16)17;13-7-12-9-3-4-10-8(6-9)2-1-5-11-10;1-8(4-2-6)5-3-7/h2-5,7-8,11-12,22H,6,18H2,1H3,(H,19,21);1-7H,(H,12,13);2-7H2,1H3. The van der Waals surface area contributed by atoms with E-state index in [0.29, 0.717) is 18.3 Å². The van der Waals surface area contributed by atoms with Crippen LogP contribution < -0.4 is 27.8 Å². The van der Waals surface area contributed by atoms with Gasteiger partial charge >= 0.3 is 6.18 Å². The van der Waals surface area contributed by atoms with Crippen LogP contribution in [0.5, 0.6) is 0 Å². The highest BCUT2D eigenvalue weighted by Crippen LogP contribution is 2.31. The molecule has 2 amide bonds. The minimum absolute atomic E-state index is 0.101. The smallest absolute Gasteiger partial charge is 0.351 e. The number of alkyl halides is 3. The Morgan fingerprint density at radius 1 is 1.07 bits per heavy atom. The molecule has 2 aromatic carbocycles. The average molecular weight is 624 g/mol. The summed E-state index contributed by atoms with van der Waals surface area (Å²) >= 11 is 4.31. The summed E-state index contributed by atoms with van der Waals surface area (Å²) in [5.41, 5.74) is 17.5. The summed E-state index contributed by atoms with van der Waals surface area (Å²) in [7, 11) is 2.01. The number of anilines is 1. The number of hydrogen-bond acceptors (Lipinski definition) is 9. The number of likely N-dealkylation sites (N-methyl/N-ethyl adjacent to an activating group) is 1. The van der Waals surface area contributed by atoms with E-state index >= 15 is 0 Å². The largest absolute Gasteiger partial charge is 0.416 e. The lowest BCUT2D eigenvalue weighted by Gasteiger charge is -2.22. The number of thiol groups is 1. The Hall–Kier alpha value is -3.56. The van der Waals surface area contributed by atoms with Crippen molar-refractivity contribution in [1.82, 2.24) is 15.2 Å². The molecule has 10 nitrogen and oxygen atoms in total. The zero-order valence-electron chi connectivity index (χ0n) is 24.1. The quantitative estimate of drug-likeness (QED) is 0.132. The Balaban J connectivity index is 0.000000369. The summed E-state index contributed by atoms with van der Waals surface area (Å²) in [5, 5.41) is 5.70. The Bertz CT molecular complexity index is 1260. The van der Waals surface area contributed by atoms with Crippen LogP contribution in [0.4, 0.5) is 18.9 Å². The van der Waals surface area contributed by atoms with Gasteiger partial charge in [0.2, 0.25) is 12.3 Å². The van der Waals surface area contributed by atoms with Crippen molar-refractivity contribution in [3.05, 3.63) is 71.9 Å². The molecule has 0 bridgehead atoms. The summed E-state index contributed by atoms with van der Waals surface area (Å²) < 4.78 is 37.5. The van der Waals surface area contributed by atoms with E-state index in [9.17, 15) is 27.6 Å². The van der Waals surface area contributed by atoms with E-state index in [0.717, 1.165) is 54.9 Å². The lowest BCUT2D eigenvalue weighted by Crippen LogP contribution is -2.45. The van der Waals surface area contributed by atoms with Gasteiger partial charge in [0.25, 0.3) is 0 Å². The Labute approximate surface area is 255 Å². The molecule has 1 aromatic heterocycles. The highest BCUT2D eigenvalue weighted by molar-refractivity contribution is 7.80. The third-order valence-corrected chi connectivity index (χ3v) is 6.71. The first-order valence-electron chi connectivity index (χ1n) is 13.4. The van der Waals surface area contributed by atoms with Gasteiger partial charge in [-0.15, -0.1) is 0 Å². The Kier molecular flexibility index (Phi) is 17.1. The number of amides is 2. The van der Waals surface area contributed by atoms with Gasteiger partial charge in [0, 0.05) is 61.2 Å². The fourth-order valence-electron chi connectivity index (χ4n) is 3.57. The molecule has 3 aromatic rings. The molecule has 1 heterocycles. The number of nitrogens with two attached hydrogens (primary N) is 3. The van der Waals surface area contributed by atoms with Gasteiger partial charge in [0.15, 0.2) is 0 Å². The summed E-state index contributed by atoms with van der Waals surface area (Å²) in [6.07, 6.45) is -1.54. The molecule has 8 N–H and O–H groups in total. The second-order valence-corrected chi connectivity index (χ2v) is 9.98. The van der Waals surface area contributed by atoms with E-state index in [-0.39, 0.29) is 6.42 Å². The van der Waals surface area contributed by atoms with Gasteiger partial charge in [0.05, 0.1) is 17.1 Å². The molecule has 0 radical (unpaired) electrons. The summed E-state index contributed by atoms with van der Waals surface area (Å²) in [4.78, 5) is 38.5. The van der Waals surface area contributed by atoms with E-state index in [1.807, 2.05) is 37.4 Å². The molecule has 0 aliphatic heterocycles. The SMILES string of the molecule is CC(NC(=O)C(N)CC=O)C(S)c1ccc(C(F)(F)F)cc1.CN(CCN)CCN.O=CNc1ccc2ncccc2c1. The monoisotopic (exact) mass is 623 g/mol. The van der Waals surface area contributed by atoms with Gasteiger partial charge in [-0.3, -0.25) is 14.6 Å². The average Bonchev–Trinajstić information content (AvgIpc) is 2.97. The van der Waals surface area contributed by atoms with Gasteiger partial charge < -0.3 is 37.5 Å². The highest BCUT2D eigenvalue weighted by Gasteiger charge is 2.30. The molecular formula is C29H40F3N7O3S. The van der Waals surface area contributed by atoms with Crippen molar-refractivity contribution in [2.24, 2.45) is 17.2 Å². The highest BCUT2D eigenvalue weighted by atomic mass is 32.1. The number of benzene rings is 2. The maximum absolute atomic E-state index is 12.5. The molecule has 14 heteroatoms. The zero-order valence-corrected chi connectivity index (χ0v) is 25.0. The van der Waals surface area contributed by atoms with E-state index < -0.39 is 35.0 Å². The number of aromatic nitrogens is 1. The topological polar surface area (TPSA) is 169 Å². The molecule has 3 atom stereocenters.